The summed E-state index contributed by atoms with van der Waals surface area (Å²) >= 11 is 0. The van der Waals surface area contributed by atoms with Crippen LogP contribution in [0.2, 0.25) is 0 Å². The highest BCUT2D eigenvalue weighted by Gasteiger charge is 2.24. The third kappa shape index (κ3) is 3.16. The zero-order chi connectivity index (χ0) is 9.94. The van der Waals surface area contributed by atoms with E-state index in [1.54, 1.807) is 21.1 Å². The van der Waals surface area contributed by atoms with Crippen LogP contribution in [-0.4, -0.2) is 47.8 Å². The van der Waals surface area contributed by atoms with Crippen molar-refractivity contribution in [1.29, 1.82) is 0 Å². The van der Waals surface area contributed by atoms with Crippen LogP contribution >= 0.6 is 0 Å². The molecular formula is C7H12NO4+. The van der Waals surface area contributed by atoms with Crippen molar-refractivity contribution in [3.8, 4) is 0 Å². The summed E-state index contributed by atoms with van der Waals surface area (Å²) in [7, 11) is 4.76. The van der Waals surface area contributed by atoms with Crippen LogP contribution in [-0.2, 0) is 9.59 Å². The maximum absolute atomic E-state index is 10.5. The zero-order valence-electron chi connectivity index (χ0n) is 7.24. The third-order valence-electron chi connectivity index (χ3n) is 1.20. The number of carboxylic acid groups (broad SMARTS) is 2. The molecule has 0 saturated heterocycles. The fraction of sp³-hybridized carbons (Fsp3) is 0.429. The Morgan fingerprint density at radius 1 is 1.17 bits per heavy atom. The molecule has 0 aromatic heterocycles. The summed E-state index contributed by atoms with van der Waals surface area (Å²) < 4.78 is -0.0262. The van der Waals surface area contributed by atoms with E-state index in [1.807, 2.05) is 0 Å². The van der Waals surface area contributed by atoms with E-state index in [0.717, 1.165) is 0 Å². The Balaban J connectivity index is 4.94. The Hall–Kier alpha value is -1.36. The lowest BCUT2D eigenvalue weighted by Crippen LogP contribution is -2.37. The molecule has 12 heavy (non-hydrogen) atoms. The van der Waals surface area contributed by atoms with Crippen LogP contribution in [0.15, 0.2) is 11.8 Å². The molecule has 68 valence electrons. The highest BCUT2D eigenvalue weighted by atomic mass is 16.4. The number of nitrogens with zero attached hydrogens (tertiary/aromatic N) is 1. The van der Waals surface area contributed by atoms with Crippen LogP contribution in [0, 0.1) is 0 Å². The number of hydrogen-bond donors (Lipinski definition) is 2. The molecule has 0 unspecified atom stereocenters. The summed E-state index contributed by atoms with van der Waals surface area (Å²) in [6.07, 6.45) is 0.697. The van der Waals surface area contributed by atoms with Gasteiger partial charge in [0.15, 0.2) is 0 Å². The van der Waals surface area contributed by atoms with Crippen molar-refractivity contribution in [2.24, 2.45) is 0 Å². The topological polar surface area (TPSA) is 74.6 Å². The van der Waals surface area contributed by atoms with E-state index in [4.69, 9.17) is 10.2 Å². The second-order valence-corrected chi connectivity index (χ2v) is 3.19. The monoisotopic (exact) mass is 174 g/mol. The second-order valence-electron chi connectivity index (χ2n) is 3.19. The number of carbonyl (C=O) groups is 2. The lowest BCUT2D eigenvalue weighted by molar-refractivity contribution is -0.827. The molecule has 0 amide bonds. The van der Waals surface area contributed by atoms with Crippen LogP contribution in [0.1, 0.15) is 0 Å². The van der Waals surface area contributed by atoms with Gasteiger partial charge in [0.05, 0.1) is 27.2 Å². The van der Waals surface area contributed by atoms with E-state index in [-0.39, 0.29) is 10.2 Å². The predicted molar refractivity (Wildman–Crippen MR) is 41.4 cm³/mol. The van der Waals surface area contributed by atoms with E-state index in [2.05, 4.69) is 0 Å². The SMILES string of the molecule is C[N+](C)(C)/C(=C\C(=O)O)C(=O)O. The van der Waals surface area contributed by atoms with Crippen molar-refractivity contribution >= 4 is 11.9 Å². The highest BCUT2D eigenvalue weighted by molar-refractivity contribution is 5.92. The molecule has 0 spiro atoms. The molecule has 0 heterocycles. The maximum atomic E-state index is 10.5. The van der Waals surface area contributed by atoms with E-state index < -0.39 is 11.9 Å². The van der Waals surface area contributed by atoms with Crippen molar-refractivity contribution in [1.82, 2.24) is 0 Å². The molecule has 0 fully saturated rings. The Morgan fingerprint density at radius 3 is 1.67 bits per heavy atom. The van der Waals surface area contributed by atoms with Crippen molar-refractivity contribution in [2.75, 3.05) is 21.1 Å². The van der Waals surface area contributed by atoms with Crippen LogP contribution in [0.3, 0.4) is 0 Å². The minimum Gasteiger partial charge on any atom is -0.478 e. The van der Waals surface area contributed by atoms with Gasteiger partial charge >= 0.3 is 11.9 Å². The molecule has 0 aromatic rings. The second kappa shape index (κ2) is 3.36. The molecule has 0 radical (unpaired) electrons. The highest BCUT2D eigenvalue weighted by Crippen LogP contribution is 2.07. The minimum absolute atomic E-state index is 0.0262. The molecular weight excluding hydrogens is 162 g/mol. The van der Waals surface area contributed by atoms with E-state index in [1.165, 1.54) is 0 Å². The lowest BCUT2D eigenvalue weighted by atomic mass is 10.3. The maximum Gasteiger partial charge on any atom is 0.390 e. The van der Waals surface area contributed by atoms with Gasteiger partial charge < -0.3 is 10.2 Å². The smallest absolute Gasteiger partial charge is 0.390 e. The predicted octanol–water partition coefficient (Wildman–Crippen LogP) is -0.254. The molecule has 5 heteroatoms. The summed E-state index contributed by atoms with van der Waals surface area (Å²) in [4.78, 5) is 20.7. The van der Waals surface area contributed by atoms with Crippen LogP contribution in [0.4, 0.5) is 0 Å². The van der Waals surface area contributed by atoms with Gasteiger partial charge in [-0.15, -0.1) is 0 Å². The molecule has 0 aromatic carbocycles. The van der Waals surface area contributed by atoms with Gasteiger partial charge in [-0.05, 0) is 0 Å². The molecule has 2 N–H and O–H groups in total. The number of hydrogen-bond acceptors (Lipinski definition) is 2. The van der Waals surface area contributed by atoms with Gasteiger partial charge in [0.2, 0.25) is 5.70 Å². The fourth-order valence-electron chi connectivity index (χ4n) is 0.659. The first-order valence-corrected chi connectivity index (χ1v) is 3.25. The molecule has 0 aliphatic heterocycles. The molecule has 0 atom stereocenters. The summed E-state index contributed by atoms with van der Waals surface area (Å²) in [6, 6.07) is 0. The molecule has 0 rings (SSSR count). The third-order valence-corrected chi connectivity index (χ3v) is 1.20. The normalized spacial score (nSPS) is 12.8. The summed E-state index contributed by atoms with van der Waals surface area (Å²) in [5.41, 5.74) is -0.164. The van der Waals surface area contributed by atoms with Gasteiger partial charge in [0.1, 0.15) is 0 Å². The standard InChI is InChI=1S/C7H11NO4/c1-8(2,3)5(7(11)12)4-6(9)10/h4H,1-3H3,(H-,9,10,11,12)/p+1/b5-4-. The number of aliphatic carboxylic acids is 2. The largest absolute Gasteiger partial charge is 0.478 e. The van der Waals surface area contributed by atoms with Crippen LogP contribution in [0.5, 0.6) is 0 Å². The van der Waals surface area contributed by atoms with Crippen molar-refractivity contribution in [3.63, 3.8) is 0 Å². The first-order valence-electron chi connectivity index (χ1n) is 3.25. The van der Waals surface area contributed by atoms with Gasteiger partial charge in [-0.3, -0.25) is 4.48 Å². The quantitative estimate of drug-likeness (QED) is 0.457. The molecule has 0 aliphatic rings. The number of carboxylic acids is 2. The van der Waals surface area contributed by atoms with Crippen molar-refractivity contribution < 1.29 is 24.3 Å². The van der Waals surface area contributed by atoms with Crippen molar-refractivity contribution in [2.45, 2.75) is 0 Å². The van der Waals surface area contributed by atoms with E-state index in [9.17, 15) is 9.59 Å². The van der Waals surface area contributed by atoms with Crippen LogP contribution in [0.25, 0.3) is 0 Å². The first kappa shape index (κ1) is 10.6. The Labute approximate surface area is 70.1 Å². The zero-order valence-corrected chi connectivity index (χ0v) is 7.24. The summed E-state index contributed by atoms with van der Waals surface area (Å²) in [5, 5.41) is 17.0. The van der Waals surface area contributed by atoms with Crippen molar-refractivity contribution in [3.05, 3.63) is 11.8 Å². The number of likely N-dealkylation sites (N-methyl/N-ethyl adjacent to an activating group) is 1. The molecule has 0 aliphatic carbocycles. The lowest BCUT2D eigenvalue weighted by Gasteiger charge is -2.22. The van der Waals surface area contributed by atoms with Gasteiger partial charge in [0.25, 0.3) is 0 Å². The average molecular weight is 174 g/mol. The summed E-state index contributed by atoms with van der Waals surface area (Å²) in [5.74, 6) is -2.47. The number of rotatable bonds is 3. The fourth-order valence-corrected chi connectivity index (χ4v) is 0.659. The van der Waals surface area contributed by atoms with Gasteiger partial charge in [-0.1, -0.05) is 0 Å². The number of quaternary nitrogens is 1. The summed E-state index contributed by atoms with van der Waals surface area (Å²) in [6.45, 7) is 0. The Morgan fingerprint density at radius 2 is 1.58 bits per heavy atom. The molecule has 5 nitrogen and oxygen atoms in total. The molecule has 0 bridgehead atoms. The Bertz CT molecular complexity index is 236. The van der Waals surface area contributed by atoms with Gasteiger partial charge in [-0.25, -0.2) is 9.59 Å². The minimum atomic E-state index is -1.25. The van der Waals surface area contributed by atoms with Crippen LogP contribution < -0.4 is 0 Å². The van der Waals surface area contributed by atoms with Gasteiger partial charge in [-0.2, -0.15) is 0 Å². The van der Waals surface area contributed by atoms with E-state index in [0.29, 0.717) is 6.08 Å². The van der Waals surface area contributed by atoms with Gasteiger partial charge in [0, 0.05) is 0 Å². The first-order chi connectivity index (χ1) is 5.25. The average Bonchev–Trinajstić information content (AvgIpc) is 1.79. The Kier molecular flexibility index (Phi) is 2.98. The molecule has 0 saturated carbocycles. The van der Waals surface area contributed by atoms with E-state index >= 15 is 0 Å².